The highest BCUT2D eigenvalue weighted by Gasteiger charge is 2.30. The largest absolute Gasteiger partial charge is 0.446 e. The zero-order valence-electron chi connectivity index (χ0n) is 16.1. The number of amides is 3. The van der Waals surface area contributed by atoms with E-state index in [2.05, 4.69) is 10.0 Å². The molecular weight excluding hydrogens is 434 g/mol. The van der Waals surface area contributed by atoms with E-state index in [-0.39, 0.29) is 4.90 Å². The highest BCUT2D eigenvalue weighted by atomic mass is 35.5. The van der Waals surface area contributed by atoms with E-state index in [1.807, 2.05) is 5.32 Å². The highest BCUT2D eigenvalue weighted by molar-refractivity contribution is 7.89. The minimum atomic E-state index is -4.04. The van der Waals surface area contributed by atoms with E-state index in [9.17, 15) is 22.8 Å². The van der Waals surface area contributed by atoms with Crippen molar-refractivity contribution in [1.82, 2.24) is 15.4 Å². The Balaban J connectivity index is 2.16. The normalized spacial score (nSPS) is 13.0. The van der Waals surface area contributed by atoms with E-state index in [1.165, 1.54) is 50.4 Å². The lowest BCUT2D eigenvalue weighted by Crippen LogP contribution is -2.44. The van der Waals surface area contributed by atoms with Crippen LogP contribution in [0.1, 0.15) is 18.6 Å². The number of ether oxygens (including phenoxy) is 1. The predicted molar refractivity (Wildman–Crippen MR) is 109 cm³/mol. The molecule has 2 aromatic carbocycles. The Morgan fingerprint density at radius 3 is 2.17 bits per heavy atom. The number of carbonyl (C=O) groups excluding carboxylic acids is 3. The molecule has 0 spiro atoms. The van der Waals surface area contributed by atoms with Gasteiger partial charge in [0.2, 0.25) is 16.1 Å². The SMILES string of the molecule is CNC(=O)NC(=O)C(OC(=O)C(C)NS(=O)(=O)c1ccc(Cl)cc1)c1ccccc1. The van der Waals surface area contributed by atoms with Crippen molar-refractivity contribution in [2.24, 2.45) is 0 Å². The van der Waals surface area contributed by atoms with Crippen LogP contribution >= 0.6 is 11.6 Å². The van der Waals surface area contributed by atoms with Crippen LogP contribution in [-0.2, 0) is 24.3 Å². The van der Waals surface area contributed by atoms with E-state index in [1.54, 1.807) is 18.2 Å². The third-order valence-corrected chi connectivity index (χ3v) is 5.66. The third-order valence-electron chi connectivity index (χ3n) is 3.85. The average molecular weight is 454 g/mol. The van der Waals surface area contributed by atoms with Gasteiger partial charge in [0.25, 0.3) is 5.91 Å². The maximum atomic E-state index is 12.5. The number of carbonyl (C=O) groups is 3. The van der Waals surface area contributed by atoms with Crippen LogP contribution < -0.4 is 15.4 Å². The first-order valence-corrected chi connectivity index (χ1v) is 10.6. The van der Waals surface area contributed by atoms with Crippen molar-refractivity contribution in [1.29, 1.82) is 0 Å². The monoisotopic (exact) mass is 453 g/mol. The summed E-state index contributed by atoms with van der Waals surface area (Å²) in [5.74, 6) is -1.89. The molecule has 3 N–H and O–H groups in total. The van der Waals surface area contributed by atoms with Gasteiger partial charge in [0.1, 0.15) is 6.04 Å². The van der Waals surface area contributed by atoms with Gasteiger partial charge >= 0.3 is 12.0 Å². The first kappa shape index (κ1) is 23.3. The molecule has 3 amide bonds. The van der Waals surface area contributed by atoms with Crippen LogP contribution in [0.25, 0.3) is 0 Å². The summed E-state index contributed by atoms with van der Waals surface area (Å²) in [4.78, 5) is 36.3. The van der Waals surface area contributed by atoms with Crippen LogP contribution in [0, 0.1) is 0 Å². The molecule has 0 saturated heterocycles. The van der Waals surface area contributed by atoms with Crippen LogP contribution in [0.15, 0.2) is 59.5 Å². The second kappa shape index (κ2) is 10.2. The number of urea groups is 1. The predicted octanol–water partition coefficient (Wildman–Crippen LogP) is 1.75. The fourth-order valence-corrected chi connectivity index (χ4v) is 3.64. The molecule has 2 aromatic rings. The molecule has 0 bridgehead atoms. The van der Waals surface area contributed by atoms with E-state index < -0.39 is 40.1 Å². The van der Waals surface area contributed by atoms with Crippen molar-refractivity contribution in [3.05, 3.63) is 65.2 Å². The maximum Gasteiger partial charge on any atom is 0.325 e. The fourth-order valence-electron chi connectivity index (χ4n) is 2.32. The molecule has 9 nitrogen and oxygen atoms in total. The number of nitrogens with one attached hydrogen (secondary N) is 3. The van der Waals surface area contributed by atoms with Crippen molar-refractivity contribution in [2.75, 3.05) is 7.05 Å². The molecular formula is C19H20ClN3O6S. The summed E-state index contributed by atoms with van der Waals surface area (Å²) in [6.07, 6.45) is -1.46. The summed E-state index contributed by atoms with van der Waals surface area (Å²) in [5.41, 5.74) is 0.306. The Bertz CT molecular complexity index is 1010. The van der Waals surface area contributed by atoms with Crippen molar-refractivity contribution in [3.63, 3.8) is 0 Å². The van der Waals surface area contributed by atoms with Crippen LogP contribution in [-0.4, -0.2) is 39.4 Å². The number of rotatable bonds is 7. The van der Waals surface area contributed by atoms with Crippen LogP contribution in [0.3, 0.4) is 0 Å². The lowest BCUT2D eigenvalue weighted by molar-refractivity contribution is -0.157. The van der Waals surface area contributed by atoms with Gasteiger partial charge in [-0.15, -0.1) is 0 Å². The van der Waals surface area contributed by atoms with Crippen molar-refractivity contribution >= 4 is 39.5 Å². The van der Waals surface area contributed by atoms with Gasteiger partial charge < -0.3 is 10.1 Å². The van der Waals surface area contributed by atoms with E-state index in [0.29, 0.717) is 10.6 Å². The summed E-state index contributed by atoms with van der Waals surface area (Å²) in [6.45, 7) is 1.27. The number of esters is 1. The fraction of sp³-hybridized carbons (Fsp3) is 0.211. The molecule has 0 aromatic heterocycles. The van der Waals surface area contributed by atoms with E-state index >= 15 is 0 Å². The molecule has 11 heteroatoms. The summed E-state index contributed by atoms with van der Waals surface area (Å²) >= 11 is 5.75. The Hall–Kier alpha value is -2.95. The standard InChI is InChI=1S/C19H20ClN3O6S/c1-12(23-30(27,28)15-10-8-14(20)9-11-15)18(25)29-16(13-6-4-3-5-7-13)17(24)22-19(26)21-2/h3-12,16,23H,1-2H3,(H2,21,22,24,26). The van der Waals surface area contributed by atoms with Gasteiger partial charge in [-0.25, -0.2) is 13.2 Å². The zero-order valence-corrected chi connectivity index (χ0v) is 17.7. The Morgan fingerprint density at radius 2 is 1.60 bits per heavy atom. The molecule has 0 saturated carbocycles. The zero-order chi connectivity index (χ0) is 22.3. The molecule has 0 radical (unpaired) electrons. The molecule has 30 heavy (non-hydrogen) atoms. The molecule has 160 valence electrons. The van der Waals surface area contributed by atoms with Crippen LogP contribution in [0.4, 0.5) is 4.79 Å². The van der Waals surface area contributed by atoms with Gasteiger partial charge in [-0.1, -0.05) is 41.9 Å². The second-order valence-electron chi connectivity index (χ2n) is 6.09. The molecule has 0 aliphatic carbocycles. The summed E-state index contributed by atoms with van der Waals surface area (Å²) in [7, 11) is -2.72. The topological polar surface area (TPSA) is 131 Å². The van der Waals surface area contributed by atoms with Gasteiger partial charge in [0.15, 0.2) is 0 Å². The first-order chi connectivity index (χ1) is 14.1. The van der Waals surface area contributed by atoms with Gasteiger partial charge in [-0.3, -0.25) is 14.9 Å². The number of halogens is 1. The quantitative estimate of drug-likeness (QED) is 0.547. The highest BCUT2D eigenvalue weighted by Crippen LogP contribution is 2.19. The molecule has 2 atom stereocenters. The van der Waals surface area contributed by atoms with Crippen molar-refractivity contribution in [2.45, 2.75) is 24.0 Å². The minimum Gasteiger partial charge on any atom is -0.446 e. The lowest BCUT2D eigenvalue weighted by atomic mass is 10.1. The van der Waals surface area contributed by atoms with Crippen molar-refractivity contribution in [3.8, 4) is 0 Å². The van der Waals surface area contributed by atoms with Gasteiger partial charge in [-0.2, -0.15) is 4.72 Å². The third kappa shape index (κ3) is 6.28. The minimum absolute atomic E-state index is 0.0940. The molecule has 2 rings (SSSR count). The maximum absolute atomic E-state index is 12.5. The lowest BCUT2D eigenvalue weighted by Gasteiger charge is -2.20. The molecule has 0 aliphatic rings. The number of benzene rings is 2. The number of hydrogen-bond acceptors (Lipinski definition) is 6. The van der Waals surface area contributed by atoms with Gasteiger partial charge in [0.05, 0.1) is 4.90 Å². The summed E-state index contributed by atoms with van der Waals surface area (Å²) in [6, 6.07) is 11.3. The molecule has 0 heterocycles. The molecule has 2 unspecified atom stereocenters. The summed E-state index contributed by atoms with van der Waals surface area (Å²) in [5, 5.41) is 4.61. The van der Waals surface area contributed by atoms with E-state index in [4.69, 9.17) is 16.3 Å². The van der Waals surface area contributed by atoms with Gasteiger partial charge in [0, 0.05) is 17.6 Å². The Labute approximate surface area is 178 Å². The second-order valence-corrected chi connectivity index (χ2v) is 8.24. The Kier molecular flexibility index (Phi) is 7.93. The van der Waals surface area contributed by atoms with Crippen LogP contribution in [0.2, 0.25) is 5.02 Å². The summed E-state index contributed by atoms with van der Waals surface area (Å²) < 4.78 is 32.3. The number of hydrogen-bond donors (Lipinski definition) is 3. The first-order valence-electron chi connectivity index (χ1n) is 8.70. The Morgan fingerprint density at radius 1 is 1.00 bits per heavy atom. The number of sulfonamides is 1. The average Bonchev–Trinajstić information content (AvgIpc) is 2.72. The van der Waals surface area contributed by atoms with Crippen LogP contribution in [0.5, 0.6) is 0 Å². The molecule has 0 aliphatic heterocycles. The number of imide groups is 1. The van der Waals surface area contributed by atoms with E-state index in [0.717, 1.165) is 0 Å². The van der Waals surface area contributed by atoms with Gasteiger partial charge in [-0.05, 0) is 31.2 Å². The smallest absolute Gasteiger partial charge is 0.325 e. The molecule has 0 fully saturated rings. The van der Waals surface area contributed by atoms with Crippen molar-refractivity contribution < 1.29 is 27.5 Å².